The van der Waals surface area contributed by atoms with E-state index in [1.165, 1.54) is 0 Å². The summed E-state index contributed by atoms with van der Waals surface area (Å²) in [5.41, 5.74) is 0.721. The molecule has 2 aromatic rings. The Labute approximate surface area is 135 Å². The van der Waals surface area contributed by atoms with Gasteiger partial charge in [-0.05, 0) is 43.7 Å². The van der Waals surface area contributed by atoms with E-state index in [2.05, 4.69) is 5.32 Å². The fourth-order valence-electron chi connectivity index (χ4n) is 2.21. The van der Waals surface area contributed by atoms with Gasteiger partial charge < -0.3 is 14.8 Å². The van der Waals surface area contributed by atoms with E-state index < -0.39 is 6.10 Å². The van der Waals surface area contributed by atoms with E-state index in [0.717, 1.165) is 17.1 Å². The number of hydrogen-bond donors (Lipinski definition) is 2. The highest BCUT2D eigenvalue weighted by molar-refractivity contribution is 6.30. The number of rotatable bonds is 6. The van der Waals surface area contributed by atoms with Crippen LogP contribution >= 0.6 is 11.6 Å². The lowest BCUT2D eigenvalue weighted by molar-refractivity contribution is -0.122. The molecule has 1 amide bonds. The molecule has 0 spiro atoms. The number of carbonyl (C=O) groups excluding carboxylic acids is 1. The number of aliphatic hydroxyl groups is 1. The Bertz CT molecular complexity index is 621. The first-order valence-electron chi connectivity index (χ1n) is 7.24. The van der Waals surface area contributed by atoms with E-state index in [4.69, 9.17) is 16.0 Å². The van der Waals surface area contributed by atoms with Crippen molar-refractivity contribution in [2.24, 2.45) is 0 Å². The molecular formula is C17H20ClNO3. The molecule has 0 saturated heterocycles. The first-order chi connectivity index (χ1) is 10.5. The van der Waals surface area contributed by atoms with Gasteiger partial charge in [-0.2, -0.15) is 0 Å². The minimum Gasteiger partial charge on any atom is -0.466 e. The summed E-state index contributed by atoms with van der Waals surface area (Å²) in [4.78, 5) is 11.9. The molecule has 0 radical (unpaired) electrons. The Kier molecular flexibility index (Phi) is 5.63. The summed E-state index contributed by atoms with van der Waals surface area (Å²) in [6, 6.07) is 10.3. The number of amides is 1. The molecule has 2 atom stereocenters. The average molecular weight is 322 g/mol. The smallest absolute Gasteiger partial charge is 0.220 e. The van der Waals surface area contributed by atoms with Crippen LogP contribution in [0.5, 0.6) is 0 Å². The van der Waals surface area contributed by atoms with Crippen LogP contribution in [0.15, 0.2) is 40.8 Å². The molecule has 2 N–H and O–H groups in total. The normalized spacial score (nSPS) is 13.6. The molecule has 0 fully saturated rings. The Morgan fingerprint density at radius 2 is 1.95 bits per heavy atom. The second-order valence-corrected chi connectivity index (χ2v) is 5.80. The molecule has 22 heavy (non-hydrogen) atoms. The van der Waals surface area contributed by atoms with E-state index in [0.29, 0.717) is 17.9 Å². The van der Waals surface area contributed by atoms with Crippen molar-refractivity contribution in [2.75, 3.05) is 0 Å². The predicted molar refractivity (Wildman–Crippen MR) is 85.8 cm³/mol. The minimum absolute atomic E-state index is 0.116. The highest BCUT2D eigenvalue weighted by Crippen LogP contribution is 2.19. The van der Waals surface area contributed by atoms with Crippen LogP contribution in [-0.4, -0.2) is 17.1 Å². The quantitative estimate of drug-likeness (QED) is 0.857. The molecule has 1 aromatic carbocycles. The third-order valence-electron chi connectivity index (χ3n) is 3.47. The highest BCUT2D eigenvalue weighted by Gasteiger charge is 2.18. The number of carbonyl (C=O) groups is 1. The summed E-state index contributed by atoms with van der Waals surface area (Å²) in [6.45, 7) is 3.64. The standard InChI is InChI=1S/C17H20ClNO3/c1-11-3-8-15(22-11)9-10-16(20)19-12(2)17(21)13-4-6-14(18)7-5-13/h3-8,12,17,21H,9-10H2,1-2H3,(H,19,20). The lowest BCUT2D eigenvalue weighted by Gasteiger charge is -2.20. The monoisotopic (exact) mass is 321 g/mol. The summed E-state index contributed by atoms with van der Waals surface area (Å²) < 4.78 is 5.42. The maximum atomic E-state index is 11.9. The summed E-state index contributed by atoms with van der Waals surface area (Å²) >= 11 is 5.82. The fraction of sp³-hybridized carbons (Fsp3) is 0.353. The van der Waals surface area contributed by atoms with E-state index in [1.807, 2.05) is 19.1 Å². The van der Waals surface area contributed by atoms with Crippen molar-refractivity contribution in [2.45, 2.75) is 38.8 Å². The molecule has 2 unspecified atom stereocenters. The van der Waals surface area contributed by atoms with Crippen LogP contribution in [0, 0.1) is 6.92 Å². The molecule has 0 bridgehead atoms. The number of benzene rings is 1. The SMILES string of the molecule is Cc1ccc(CCC(=O)NC(C)C(O)c2ccc(Cl)cc2)o1. The van der Waals surface area contributed by atoms with Crippen LogP contribution in [0.1, 0.15) is 36.5 Å². The number of hydrogen-bond acceptors (Lipinski definition) is 3. The molecule has 1 aromatic heterocycles. The molecule has 2 rings (SSSR count). The lowest BCUT2D eigenvalue weighted by atomic mass is 10.0. The van der Waals surface area contributed by atoms with Crippen LogP contribution in [0.4, 0.5) is 0 Å². The van der Waals surface area contributed by atoms with Crippen LogP contribution in [0.25, 0.3) is 0 Å². The molecule has 1 heterocycles. The largest absolute Gasteiger partial charge is 0.466 e. The average Bonchev–Trinajstić information content (AvgIpc) is 2.91. The van der Waals surface area contributed by atoms with Gasteiger partial charge in [0.25, 0.3) is 0 Å². The van der Waals surface area contributed by atoms with Gasteiger partial charge in [0.05, 0.1) is 12.1 Å². The molecule has 118 valence electrons. The zero-order valence-electron chi connectivity index (χ0n) is 12.7. The van der Waals surface area contributed by atoms with Gasteiger partial charge in [0.2, 0.25) is 5.91 Å². The topological polar surface area (TPSA) is 62.5 Å². The van der Waals surface area contributed by atoms with Crippen molar-refractivity contribution >= 4 is 17.5 Å². The molecule has 0 aliphatic rings. The van der Waals surface area contributed by atoms with Gasteiger partial charge in [-0.15, -0.1) is 0 Å². The zero-order chi connectivity index (χ0) is 16.1. The number of nitrogens with one attached hydrogen (secondary N) is 1. The lowest BCUT2D eigenvalue weighted by Crippen LogP contribution is -2.37. The van der Waals surface area contributed by atoms with Gasteiger partial charge in [0.15, 0.2) is 0 Å². The molecule has 0 aliphatic heterocycles. The summed E-state index contributed by atoms with van der Waals surface area (Å²) in [7, 11) is 0. The Morgan fingerprint density at radius 3 is 2.55 bits per heavy atom. The van der Waals surface area contributed by atoms with Crippen molar-refractivity contribution in [3.8, 4) is 0 Å². The second-order valence-electron chi connectivity index (χ2n) is 5.36. The Morgan fingerprint density at radius 1 is 1.27 bits per heavy atom. The van der Waals surface area contributed by atoms with Gasteiger partial charge in [-0.3, -0.25) is 4.79 Å². The maximum absolute atomic E-state index is 11.9. The third kappa shape index (κ3) is 4.61. The first-order valence-corrected chi connectivity index (χ1v) is 7.61. The first kappa shape index (κ1) is 16.6. The predicted octanol–water partition coefficient (Wildman–Crippen LogP) is 3.41. The maximum Gasteiger partial charge on any atom is 0.220 e. The number of furan rings is 1. The minimum atomic E-state index is -0.771. The van der Waals surface area contributed by atoms with Crippen molar-refractivity contribution in [1.82, 2.24) is 5.32 Å². The van der Waals surface area contributed by atoms with E-state index in [-0.39, 0.29) is 11.9 Å². The number of aryl methyl sites for hydroxylation is 2. The number of aliphatic hydroxyl groups excluding tert-OH is 1. The highest BCUT2D eigenvalue weighted by atomic mass is 35.5. The van der Waals surface area contributed by atoms with Gasteiger partial charge in [-0.25, -0.2) is 0 Å². The van der Waals surface area contributed by atoms with E-state index >= 15 is 0 Å². The van der Waals surface area contributed by atoms with Gasteiger partial charge in [0, 0.05) is 17.9 Å². The zero-order valence-corrected chi connectivity index (χ0v) is 13.4. The van der Waals surface area contributed by atoms with Crippen molar-refractivity contribution in [3.05, 3.63) is 58.5 Å². The fourth-order valence-corrected chi connectivity index (χ4v) is 2.34. The van der Waals surface area contributed by atoms with Crippen LogP contribution in [0.2, 0.25) is 5.02 Å². The van der Waals surface area contributed by atoms with E-state index in [1.54, 1.807) is 31.2 Å². The molecule has 0 aliphatic carbocycles. The van der Waals surface area contributed by atoms with Crippen LogP contribution in [0.3, 0.4) is 0 Å². The van der Waals surface area contributed by atoms with Crippen molar-refractivity contribution in [3.63, 3.8) is 0 Å². The van der Waals surface area contributed by atoms with Gasteiger partial charge in [-0.1, -0.05) is 23.7 Å². The third-order valence-corrected chi connectivity index (χ3v) is 3.72. The summed E-state index contributed by atoms with van der Waals surface area (Å²) in [5, 5.41) is 13.7. The van der Waals surface area contributed by atoms with Crippen molar-refractivity contribution in [1.29, 1.82) is 0 Å². The van der Waals surface area contributed by atoms with Crippen LogP contribution < -0.4 is 5.32 Å². The van der Waals surface area contributed by atoms with Gasteiger partial charge >= 0.3 is 0 Å². The van der Waals surface area contributed by atoms with E-state index in [9.17, 15) is 9.90 Å². The molecule has 5 heteroatoms. The second kappa shape index (κ2) is 7.47. The summed E-state index contributed by atoms with van der Waals surface area (Å²) in [5.74, 6) is 1.51. The number of halogens is 1. The Balaban J connectivity index is 1.83. The van der Waals surface area contributed by atoms with Crippen LogP contribution in [-0.2, 0) is 11.2 Å². The van der Waals surface area contributed by atoms with Crippen molar-refractivity contribution < 1.29 is 14.3 Å². The molecule has 4 nitrogen and oxygen atoms in total. The molecule has 0 saturated carbocycles. The molecular weight excluding hydrogens is 302 g/mol. The summed E-state index contributed by atoms with van der Waals surface area (Å²) in [6.07, 6.45) is 0.0979. The van der Waals surface area contributed by atoms with Gasteiger partial charge in [0.1, 0.15) is 11.5 Å². The Hall–Kier alpha value is -1.78.